The van der Waals surface area contributed by atoms with Crippen LogP contribution in [-0.4, -0.2) is 17.2 Å². The lowest BCUT2D eigenvalue weighted by Crippen LogP contribution is -2.70. The number of fused-ring (bicyclic) bond motifs is 3. The Labute approximate surface area is 219 Å². The van der Waals surface area contributed by atoms with E-state index in [4.69, 9.17) is 23.2 Å². The Balaban J connectivity index is 1.64. The van der Waals surface area contributed by atoms with Crippen molar-refractivity contribution in [2.24, 2.45) is 0 Å². The summed E-state index contributed by atoms with van der Waals surface area (Å²) >= 11 is 13.3. The summed E-state index contributed by atoms with van der Waals surface area (Å²) < 4.78 is 0. The second-order valence-electron chi connectivity index (χ2n) is 9.13. The molecule has 4 aromatic carbocycles. The maximum absolute atomic E-state index is 14.2. The minimum atomic E-state index is -0.839. The van der Waals surface area contributed by atoms with Gasteiger partial charge in [-0.1, -0.05) is 84.4 Å². The van der Waals surface area contributed by atoms with Crippen LogP contribution in [0.4, 0.5) is 11.4 Å². The van der Waals surface area contributed by atoms with Crippen molar-refractivity contribution in [3.8, 4) is 0 Å². The minimum Gasteiger partial charge on any atom is -0.299 e. The lowest BCUT2D eigenvalue weighted by molar-refractivity contribution is -0.127. The van der Waals surface area contributed by atoms with E-state index in [-0.39, 0.29) is 11.8 Å². The molecule has 0 unspecified atom stereocenters. The van der Waals surface area contributed by atoms with E-state index in [0.29, 0.717) is 28.4 Å². The van der Waals surface area contributed by atoms with Gasteiger partial charge >= 0.3 is 0 Å². The van der Waals surface area contributed by atoms with Gasteiger partial charge in [0.25, 0.3) is 5.91 Å². The predicted octanol–water partition coefficient (Wildman–Crippen LogP) is 6.98. The highest BCUT2D eigenvalue weighted by Gasteiger charge is 2.64. The number of anilines is 2. The summed E-state index contributed by atoms with van der Waals surface area (Å²) in [6.07, 6.45) is 0.407. The molecule has 0 N–H and O–H groups in total. The number of alkyl halides is 1. The Morgan fingerprint density at radius 1 is 0.806 bits per heavy atom. The number of amides is 2. The average molecular weight is 513 g/mol. The third-order valence-electron chi connectivity index (χ3n) is 7.20. The van der Waals surface area contributed by atoms with Gasteiger partial charge in [-0.3, -0.25) is 19.4 Å². The van der Waals surface area contributed by atoms with Crippen molar-refractivity contribution in [3.63, 3.8) is 0 Å². The largest absolute Gasteiger partial charge is 0.299 e. The highest BCUT2D eigenvalue weighted by molar-refractivity contribution is 6.38. The quantitative estimate of drug-likeness (QED) is 0.219. The van der Waals surface area contributed by atoms with Crippen LogP contribution in [-0.2, 0) is 10.3 Å². The van der Waals surface area contributed by atoms with Crippen LogP contribution in [0, 0.1) is 0 Å². The molecule has 6 rings (SSSR count). The van der Waals surface area contributed by atoms with Crippen LogP contribution in [0.15, 0.2) is 109 Å². The molecule has 0 aromatic heterocycles. The Hall–Kier alpha value is -3.60. The standard InChI is InChI=1S/C30H22Cl2N2O2/c31-23-15-9-12-21(18-23)26-19-30(22-13-5-2-6-14-22)27(32)29(36)34(30)25-17-8-7-16-24(25)33(26)28(35)20-10-3-1-4-11-20/h1-18,26-27H,19H2/t26-,27-,30+/m0/s1. The van der Waals surface area contributed by atoms with E-state index in [0.717, 1.165) is 11.1 Å². The fourth-order valence-electron chi connectivity index (χ4n) is 5.57. The van der Waals surface area contributed by atoms with Crippen molar-refractivity contribution < 1.29 is 9.59 Å². The molecule has 1 saturated heterocycles. The molecule has 0 aliphatic carbocycles. The SMILES string of the molecule is O=C(c1ccccc1)N1c2ccccc2N2C(=O)[C@H](Cl)[C@]2(c2ccccc2)C[C@H]1c1cccc(Cl)c1. The van der Waals surface area contributed by atoms with E-state index in [2.05, 4.69) is 0 Å². The Kier molecular flexibility index (Phi) is 5.59. The molecule has 0 spiro atoms. The number of carbonyl (C=O) groups is 2. The van der Waals surface area contributed by atoms with Gasteiger partial charge in [-0.2, -0.15) is 0 Å². The summed E-state index contributed by atoms with van der Waals surface area (Å²) in [7, 11) is 0. The Bertz CT molecular complexity index is 1460. The monoisotopic (exact) mass is 512 g/mol. The maximum atomic E-state index is 14.2. The Morgan fingerprint density at radius 2 is 1.44 bits per heavy atom. The Morgan fingerprint density at radius 3 is 2.14 bits per heavy atom. The summed E-state index contributed by atoms with van der Waals surface area (Å²) in [4.78, 5) is 31.2. The number of halogens is 2. The number of rotatable bonds is 3. The van der Waals surface area contributed by atoms with E-state index >= 15 is 0 Å². The molecular formula is C30H22Cl2N2O2. The van der Waals surface area contributed by atoms with Gasteiger partial charge in [-0.25, -0.2) is 0 Å². The summed E-state index contributed by atoms with van der Waals surface area (Å²) in [5.74, 6) is -0.330. The predicted molar refractivity (Wildman–Crippen MR) is 144 cm³/mol. The van der Waals surface area contributed by atoms with E-state index in [1.165, 1.54) is 0 Å². The van der Waals surface area contributed by atoms with Gasteiger partial charge in [0.05, 0.1) is 17.4 Å². The van der Waals surface area contributed by atoms with Crippen molar-refractivity contribution in [2.45, 2.75) is 23.4 Å². The van der Waals surface area contributed by atoms with Crippen molar-refractivity contribution in [3.05, 3.63) is 131 Å². The van der Waals surface area contributed by atoms with Crippen molar-refractivity contribution >= 4 is 46.4 Å². The summed E-state index contributed by atoms with van der Waals surface area (Å²) in [6, 6.07) is 33.7. The molecule has 0 saturated carbocycles. The zero-order valence-electron chi connectivity index (χ0n) is 19.2. The highest BCUT2D eigenvalue weighted by atomic mass is 35.5. The van der Waals surface area contributed by atoms with Crippen LogP contribution in [0.3, 0.4) is 0 Å². The number of hydrogen-bond donors (Lipinski definition) is 0. The third kappa shape index (κ3) is 3.36. The smallest absolute Gasteiger partial charge is 0.258 e. The number of benzene rings is 4. The van der Waals surface area contributed by atoms with Gasteiger partial charge in [0, 0.05) is 17.0 Å². The van der Waals surface area contributed by atoms with Gasteiger partial charge in [0.2, 0.25) is 5.91 Å². The van der Waals surface area contributed by atoms with Gasteiger partial charge in [0.1, 0.15) is 10.9 Å². The number of nitrogens with zero attached hydrogens (tertiary/aromatic N) is 2. The van der Waals surface area contributed by atoms with Crippen molar-refractivity contribution in [1.29, 1.82) is 0 Å². The van der Waals surface area contributed by atoms with Crippen LogP contribution in [0.25, 0.3) is 0 Å². The van der Waals surface area contributed by atoms with E-state index in [1.54, 1.807) is 9.80 Å². The molecule has 2 aliphatic rings. The minimum absolute atomic E-state index is 0.155. The van der Waals surface area contributed by atoms with Crippen LogP contribution >= 0.6 is 23.2 Å². The first-order chi connectivity index (χ1) is 17.5. The first kappa shape index (κ1) is 22.8. The number of carbonyl (C=O) groups excluding carboxylic acids is 2. The molecule has 2 heterocycles. The van der Waals surface area contributed by atoms with Crippen LogP contribution in [0.5, 0.6) is 0 Å². The summed E-state index contributed by atoms with van der Waals surface area (Å²) in [6.45, 7) is 0. The summed E-state index contributed by atoms with van der Waals surface area (Å²) in [5.41, 5.74) is 2.85. The number of para-hydroxylation sites is 2. The lowest BCUT2D eigenvalue weighted by Gasteiger charge is -2.55. The molecule has 36 heavy (non-hydrogen) atoms. The van der Waals surface area contributed by atoms with Crippen molar-refractivity contribution in [1.82, 2.24) is 0 Å². The zero-order chi connectivity index (χ0) is 24.9. The average Bonchev–Trinajstić information content (AvgIpc) is 3.05. The first-order valence-electron chi connectivity index (χ1n) is 11.8. The number of β-lactam (4-membered cyclic amide) rings is 1. The van der Waals surface area contributed by atoms with Crippen LogP contribution in [0.2, 0.25) is 5.02 Å². The molecule has 0 bridgehead atoms. The molecule has 4 nitrogen and oxygen atoms in total. The maximum Gasteiger partial charge on any atom is 0.258 e. The molecule has 6 heteroatoms. The molecular weight excluding hydrogens is 491 g/mol. The van der Waals surface area contributed by atoms with Gasteiger partial charge in [-0.05, 0) is 47.5 Å². The molecule has 3 atom stereocenters. The van der Waals surface area contributed by atoms with E-state index in [9.17, 15) is 9.59 Å². The number of hydrogen-bond acceptors (Lipinski definition) is 2. The van der Waals surface area contributed by atoms with Gasteiger partial charge in [0.15, 0.2) is 0 Å². The zero-order valence-corrected chi connectivity index (χ0v) is 20.7. The second kappa shape index (κ2) is 8.81. The normalized spacial score (nSPS) is 22.8. The molecule has 2 amide bonds. The molecule has 4 aromatic rings. The summed E-state index contributed by atoms with van der Waals surface area (Å²) in [5, 5.41) is -0.198. The van der Waals surface area contributed by atoms with Crippen LogP contribution < -0.4 is 9.80 Å². The third-order valence-corrected chi connectivity index (χ3v) is 7.98. The fourth-order valence-corrected chi connectivity index (χ4v) is 6.18. The molecule has 178 valence electrons. The highest BCUT2D eigenvalue weighted by Crippen LogP contribution is 2.58. The van der Waals surface area contributed by atoms with Crippen molar-refractivity contribution in [2.75, 3.05) is 9.80 Å². The fraction of sp³-hybridized carbons (Fsp3) is 0.133. The first-order valence-corrected chi connectivity index (χ1v) is 12.6. The van der Waals surface area contributed by atoms with Crippen LogP contribution in [0.1, 0.15) is 33.9 Å². The van der Waals surface area contributed by atoms with E-state index in [1.807, 2.05) is 109 Å². The molecule has 2 aliphatic heterocycles. The van der Waals surface area contributed by atoms with E-state index < -0.39 is 17.0 Å². The topological polar surface area (TPSA) is 40.6 Å². The van der Waals surface area contributed by atoms with Gasteiger partial charge in [-0.15, -0.1) is 11.6 Å². The second-order valence-corrected chi connectivity index (χ2v) is 10.0. The van der Waals surface area contributed by atoms with Gasteiger partial charge < -0.3 is 0 Å². The molecule has 0 radical (unpaired) electrons. The molecule has 1 fully saturated rings. The lowest BCUT2D eigenvalue weighted by atomic mass is 9.72.